The van der Waals surface area contributed by atoms with Crippen LogP contribution in [0, 0.1) is 5.92 Å². The summed E-state index contributed by atoms with van der Waals surface area (Å²) in [4.78, 5) is 35.0. The number of aromatic nitrogens is 2. The first-order valence-electron chi connectivity index (χ1n) is 11.7. The van der Waals surface area contributed by atoms with E-state index in [4.69, 9.17) is 4.74 Å². The molecule has 4 heterocycles. The molecule has 0 radical (unpaired) electrons. The number of carbonyl (C=O) groups excluding carboxylic acids is 2. The number of carbonyl (C=O) groups is 2. The van der Waals surface area contributed by atoms with E-state index in [9.17, 15) is 22.8 Å². The van der Waals surface area contributed by atoms with Gasteiger partial charge in [-0.2, -0.15) is 13.2 Å². The lowest BCUT2D eigenvalue weighted by atomic mass is 9.74. The minimum atomic E-state index is -4.61. The van der Waals surface area contributed by atoms with Crippen LogP contribution in [0.3, 0.4) is 0 Å². The fourth-order valence-electron chi connectivity index (χ4n) is 5.21. The first kappa shape index (κ1) is 23.5. The number of ether oxygens (including phenoxy) is 1. The molecule has 8 nitrogen and oxygen atoms in total. The number of morpholine rings is 1. The predicted molar refractivity (Wildman–Crippen MR) is 121 cm³/mol. The quantitative estimate of drug-likeness (QED) is 0.687. The zero-order valence-electron chi connectivity index (χ0n) is 19.1. The van der Waals surface area contributed by atoms with Crippen molar-refractivity contribution < 1.29 is 27.5 Å². The minimum Gasteiger partial charge on any atom is -0.377 e. The molecular weight excluding hydrogens is 463 g/mol. The molecule has 11 heteroatoms. The number of rotatable bonds is 3. The molecule has 1 aliphatic carbocycles. The number of fused-ring (bicyclic) bond motifs is 3. The van der Waals surface area contributed by atoms with Crippen molar-refractivity contribution in [1.29, 1.82) is 0 Å². The summed E-state index contributed by atoms with van der Waals surface area (Å²) in [5.41, 5.74) is 0.728. The van der Waals surface area contributed by atoms with E-state index < -0.39 is 17.8 Å². The summed E-state index contributed by atoms with van der Waals surface area (Å²) in [5, 5.41) is 5.76. The molecule has 2 aliphatic heterocycles. The molecule has 1 saturated heterocycles. The Balaban J connectivity index is 1.33. The highest BCUT2D eigenvalue weighted by molar-refractivity contribution is 6.02. The van der Waals surface area contributed by atoms with E-state index in [-0.39, 0.29) is 29.5 Å². The Labute approximate surface area is 200 Å². The number of anilines is 2. The number of pyridine rings is 2. The molecule has 2 amide bonds. The van der Waals surface area contributed by atoms with Crippen LogP contribution in [0.1, 0.15) is 53.7 Å². The van der Waals surface area contributed by atoms with Crippen LogP contribution >= 0.6 is 0 Å². The Bertz CT molecular complexity index is 1140. The molecule has 0 bridgehead atoms. The van der Waals surface area contributed by atoms with Crippen molar-refractivity contribution in [3.8, 4) is 0 Å². The number of halogens is 3. The number of nitrogens with zero attached hydrogens (tertiary/aromatic N) is 3. The Morgan fingerprint density at radius 1 is 1.26 bits per heavy atom. The zero-order chi connectivity index (χ0) is 24.7. The van der Waals surface area contributed by atoms with Gasteiger partial charge in [0, 0.05) is 30.5 Å². The first-order chi connectivity index (χ1) is 16.7. The molecule has 1 saturated carbocycles. The van der Waals surface area contributed by atoms with Gasteiger partial charge < -0.3 is 20.3 Å². The highest BCUT2D eigenvalue weighted by Crippen LogP contribution is 2.41. The van der Waals surface area contributed by atoms with Crippen LogP contribution in [0.4, 0.5) is 24.7 Å². The smallest absolute Gasteiger partial charge is 0.377 e. The molecule has 2 N–H and O–H groups in total. The summed E-state index contributed by atoms with van der Waals surface area (Å²) in [6.45, 7) is 3.61. The van der Waals surface area contributed by atoms with Gasteiger partial charge in [0.15, 0.2) is 5.82 Å². The number of amides is 2. The van der Waals surface area contributed by atoms with Crippen molar-refractivity contribution in [2.75, 3.05) is 30.0 Å². The summed E-state index contributed by atoms with van der Waals surface area (Å²) in [6.07, 6.45) is 0.390. The monoisotopic (exact) mass is 489 g/mol. The molecule has 5 rings (SSSR count). The van der Waals surface area contributed by atoms with Crippen LogP contribution < -0.4 is 15.5 Å². The molecule has 2 aromatic rings. The number of hydrogen-bond donors (Lipinski definition) is 2. The second kappa shape index (κ2) is 9.10. The third-order valence-electron chi connectivity index (χ3n) is 7.14. The van der Waals surface area contributed by atoms with E-state index in [0.29, 0.717) is 37.9 Å². The van der Waals surface area contributed by atoms with Crippen molar-refractivity contribution >= 4 is 23.3 Å². The predicted octanol–water partition coefficient (Wildman–Crippen LogP) is 3.35. The maximum atomic E-state index is 13.0. The van der Waals surface area contributed by atoms with E-state index in [1.165, 1.54) is 6.07 Å². The molecule has 2 fully saturated rings. The summed E-state index contributed by atoms with van der Waals surface area (Å²) in [7, 11) is 0. The minimum absolute atomic E-state index is 0.0629. The molecule has 4 atom stereocenters. The van der Waals surface area contributed by atoms with Gasteiger partial charge in [-0.1, -0.05) is 6.92 Å². The summed E-state index contributed by atoms with van der Waals surface area (Å²) in [6, 6.07) is 3.56. The lowest BCUT2D eigenvalue weighted by Crippen LogP contribution is -2.55. The number of nitrogens with one attached hydrogen (secondary N) is 2. The van der Waals surface area contributed by atoms with Crippen LogP contribution in [0.15, 0.2) is 30.6 Å². The van der Waals surface area contributed by atoms with Crippen molar-refractivity contribution in [3.05, 3.63) is 47.4 Å². The lowest BCUT2D eigenvalue weighted by Gasteiger charge is -2.41. The molecule has 35 heavy (non-hydrogen) atoms. The highest BCUT2D eigenvalue weighted by Gasteiger charge is 2.38. The van der Waals surface area contributed by atoms with Crippen LogP contribution in [-0.4, -0.2) is 53.6 Å². The van der Waals surface area contributed by atoms with Crippen LogP contribution in [0.5, 0.6) is 0 Å². The van der Waals surface area contributed by atoms with Crippen molar-refractivity contribution in [2.45, 2.75) is 50.4 Å². The van der Waals surface area contributed by atoms with E-state index in [1.807, 2.05) is 4.90 Å². The SMILES string of the molecule is CC1CCC(NC(=O)c2ccnc(C(F)(F)F)c2)CC1c1cnc2c(c1)N1CCOCC1C(=O)N2. The summed E-state index contributed by atoms with van der Waals surface area (Å²) < 4.78 is 44.4. The highest BCUT2D eigenvalue weighted by atomic mass is 19.4. The lowest BCUT2D eigenvalue weighted by molar-refractivity contribution is -0.141. The van der Waals surface area contributed by atoms with Crippen LogP contribution in [0.2, 0.25) is 0 Å². The third kappa shape index (κ3) is 4.69. The molecule has 0 spiro atoms. The standard InChI is InChI=1S/C24H26F3N5O3/c1-13-2-3-16(30-22(33)14-4-5-28-20(9-14)24(25,26)27)10-17(13)15-8-18-21(29-11-15)31-23(34)19-12-35-7-6-32(18)19/h4-5,8-9,11,13,16-17,19H,2-3,6-7,10,12H2,1H3,(H,30,33)(H,29,31,34). The van der Waals surface area contributed by atoms with Gasteiger partial charge in [0.2, 0.25) is 0 Å². The average Bonchev–Trinajstić information content (AvgIpc) is 2.85. The molecule has 0 aromatic carbocycles. The number of hydrogen-bond acceptors (Lipinski definition) is 6. The topological polar surface area (TPSA) is 96.5 Å². The molecular formula is C24H26F3N5O3. The molecule has 3 aliphatic rings. The molecule has 2 aromatic heterocycles. The van der Waals surface area contributed by atoms with Crippen molar-refractivity contribution in [1.82, 2.24) is 15.3 Å². The third-order valence-corrected chi connectivity index (χ3v) is 7.14. The van der Waals surface area contributed by atoms with Gasteiger partial charge in [0.25, 0.3) is 11.8 Å². The fraction of sp³-hybridized carbons (Fsp3) is 0.500. The van der Waals surface area contributed by atoms with Gasteiger partial charge in [0.05, 0.1) is 18.9 Å². The summed E-state index contributed by atoms with van der Waals surface area (Å²) in [5.74, 6) is 0.296. The van der Waals surface area contributed by atoms with Gasteiger partial charge in [-0.15, -0.1) is 0 Å². The van der Waals surface area contributed by atoms with Crippen molar-refractivity contribution in [3.63, 3.8) is 0 Å². The Hall–Kier alpha value is -3.21. The zero-order valence-corrected chi connectivity index (χ0v) is 19.1. The fourth-order valence-corrected chi connectivity index (χ4v) is 5.21. The Morgan fingerprint density at radius 3 is 2.89 bits per heavy atom. The Morgan fingerprint density at radius 2 is 2.09 bits per heavy atom. The van der Waals surface area contributed by atoms with Gasteiger partial charge in [-0.3, -0.25) is 14.6 Å². The maximum absolute atomic E-state index is 13.0. The second-order valence-corrected chi connectivity index (χ2v) is 9.40. The van der Waals surface area contributed by atoms with Crippen LogP contribution in [0.25, 0.3) is 0 Å². The second-order valence-electron chi connectivity index (χ2n) is 9.40. The van der Waals surface area contributed by atoms with E-state index >= 15 is 0 Å². The number of alkyl halides is 3. The largest absolute Gasteiger partial charge is 0.433 e. The molecule has 186 valence electrons. The first-order valence-corrected chi connectivity index (χ1v) is 11.7. The summed E-state index contributed by atoms with van der Waals surface area (Å²) >= 11 is 0. The Kier molecular flexibility index (Phi) is 6.12. The maximum Gasteiger partial charge on any atom is 0.433 e. The van der Waals surface area contributed by atoms with E-state index in [1.54, 1.807) is 6.20 Å². The van der Waals surface area contributed by atoms with Gasteiger partial charge in [-0.25, -0.2) is 4.98 Å². The normalized spacial score (nSPS) is 26.4. The molecule has 4 unspecified atom stereocenters. The van der Waals surface area contributed by atoms with E-state index in [0.717, 1.165) is 36.4 Å². The average molecular weight is 489 g/mol. The van der Waals surface area contributed by atoms with Gasteiger partial charge >= 0.3 is 6.18 Å². The van der Waals surface area contributed by atoms with Crippen LogP contribution in [-0.2, 0) is 15.7 Å². The van der Waals surface area contributed by atoms with Gasteiger partial charge in [0.1, 0.15) is 11.7 Å². The van der Waals surface area contributed by atoms with E-state index in [2.05, 4.69) is 33.6 Å². The van der Waals surface area contributed by atoms with Gasteiger partial charge in [-0.05, 0) is 54.9 Å². The van der Waals surface area contributed by atoms with Crippen molar-refractivity contribution in [2.24, 2.45) is 5.92 Å².